The van der Waals surface area contributed by atoms with Crippen LogP contribution in [0.2, 0.25) is 10.0 Å². The first kappa shape index (κ1) is 12.5. The molecule has 2 rings (SSSR count). The van der Waals surface area contributed by atoms with Gasteiger partial charge in [-0.2, -0.15) is 0 Å². The lowest BCUT2D eigenvalue weighted by atomic mass is 10.0. The Balaban J connectivity index is 2.49. The van der Waals surface area contributed by atoms with Gasteiger partial charge >= 0.3 is 0 Å². The number of guanidine groups is 1. The van der Waals surface area contributed by atoms with Crippen LogP contribution in [0, 0.1) is 0 Å². The highest BCUT2D eigenvalue weighted by Gasteiger charge is 2.21. The number of benzene rings is 1. The molecule has 0 atom stereocenters. The van der Waals surface area contributed by atoms with Crippen molar-refractivity contribution in [3.8, 4) is 0 Å². The monoisotopic (exact) mass is 271 g/mol. The van der Waals surface area contributed by atoms with E-state index in [0.717, 1.165) is 17.8 Å². The molecule has 1 aliphatic rings. The average Bonchev–Trinajstić information content (AvgIpc) is 2.64. The molecule has 0 aliphatic carbocycles. The zero-order valence-electron chi connectivity index (χ0n) is 9.87. The van der Waals surface area contributed by atoms with Crippen LogP contribution in [-0.4, -0.2) is 19.0 Å². The third-order valence-electron chi connectivity index (χ3n) is 2.85. The number of anilines is 1. The van der Waals surface area contributed by atoms with E-state index in [4.69, 9.17) is 28.9 Å². The second-order valence-corrected chi connectivity index (χ2v) is 5.13. The van der Waals surface area contributed by atoms with Crippen LogP contribution in [0.5, 0.6) is 0 Å². The summed E-state index contributed by atoms with van der Waals surface area (Å²) < 4.78 is 0. The fraction of sp³-hybridized carbons (Fsp3) is 0.417. The van der Waals surface area contributed by atoms with E-state index in [-0.39, 0.29) is 5.92 Å². The smallest absolute Gasteiger partial charge is 0.195 e. The Morgan fingerprint density at radius 3 is 2.59 bits per heavy atom. The van der Waals surface area contributed by atoms with E-state index in [9.17, 15) is 0 Å². The molecule has 0 aromatic heterocycles. The van der Waals surface area contributed by atoms with Gasteiger partial charge in [-0.3, -0.25) is 4.99 Å². The summed E-state index contributed by atoms with van der Waals surface area (Å²) in [5.41, 5.74) is 7.68. The maximum absolute atomic E-state index is 6.42. The van der Waals surface area contributed by atoms with Gasteiger partial charge in [0.05, 0.1) is 17.3 Å². The lowest BCUT2D eigenvalue weighted by Gasteiger charge is -2.22. The minimum atomic E-state index is 0.274. The quantitative estimate of drug-likeness (QED) is 0.897. The van der Waals surface area contributed by atoms with Crippen molar-refractivity contribution in [1.82, 2.24) is 0 Å². The predicted octanol–water partition coefficient (Wildman–Crippen LogP) is 3.25. The molecule has 0 amide bonds. The molecular formula is C12H15Cl2N3. The molecule has 0 saturated carbocycles. The largest absolute Gasteiger partial charge is 0.370 e. The molecule has 0 spiro atoms. The summed E-state index contributed by atoms with van der Waals surface area (Å²) >= 11 is 12.6. The number of nitrogens with two attached hydrogens (primary N) is 1. The van der Waals surface area contributed by atoms with Crippen LogP contribution in [0.1, 0.15) is 25.3 Å². The number of halogens is 2. The SMILES string of the molecule is CC(C)c1c(Cl)ccc(N2CCN=C2N)c1Cl. The molecule has 1 aliphatic heterocycles. The van der Waals surface area contributed by atoms with Gasteiger partial charge < -0.3 is 10.6 Å². The van der Waals surface area contributed by atoms with Crippen molar-refractivity contribution in [2.24, 2.45) is 10.7 Å². The second-order valence-electron chi connectivity index (χ2n) is 4.34. The summed E-state index contributed by atoms with van der Waals surface area (Å²) in [5.74, 6) is 0.791. The minimum absolute atomic E-state index is 0.274. The zero-order chi connectivity index (χ0) is 12.6. The molecule has 2 N–H and O–H groups in total. The van der Waals surface area contributed by atoms with Crippen LogP contribution in [0.15, 0.2) is 17.1 Å². The van der Waals surface area contributed by atoms with Gasteiger partial charge in [-0.1, -0.05) is 37.0 Å². The van der Waals surface area contributed by atoms with Crippen molar-refractivity contribution in [3.05, 3.63) is 27.7 Å². The van der Waals surface area contributed by atoms with E-state index in [1.807, 2.05) is 17.0 Å². The maximum Gasteiger partial charge on any atom is 0.195 e. The summed E-state index contributed by atoms with van der Waals surface area (Å²) in [6, 6.07) is 3.76. The first-order chi connectivity index (χ1) is 8.02. The summed E-state index contributed by atoms with van der Waals surface area (Å²) in [5, 5.41) is 1.37. The molecular weight excluding hydrogens is 257 g/mol. The van der Waals surface area contributed by atoms with Gasteiger partial charge in [-0.15, -0.1) is 0 Å². The first-order valence-electron chi connectivity index (χ1n) is 5.57. The Hall–Kier alpha value is -0.930. The van der Waals surface area contributed by atoms with Crippen molar-refractivity contribution in [2.45, 2.75) is 19.8 Å². The summed E-state index contributed by atoms with van der Waals surface area (Å²) in [6.45, 7) is 5.61. The van der Waals surface area contributed by atoms with Crippen molar-refractivity contribution >= 4 is 34.8 Å². The highest BCUT2D eigenvalue weighted by Crippen LogP contribution is 2.38. The Labute approximate surface area is 111 Å². The van der Waals surface area contributed by atoms with Crippen LogP contribution >= 0.6 is 23.2 Å². The minimum Gasteiger partial charge on any atom is -0.370 e. The predicted molar refractivity (Wildman–Crippen MR) is 74.4 cm³/mol. The molecule has 0 radical (unpaired) electrons. The Bertz CT molecular complexity index is 469. The van der Waals surface area contributed by atoms with Gasteiger partial charge in [-0.25, -0.2) is 0 Å². The number of hydrogen-bond acceptors (Lipinski definition) is 3. The standard InChI is InChI=1S/C12H15Cl2N3/c1-7(2)10-8(13)3-4-9(11(10)14)17-6-5-16-12(17)15/h3-4,7H,5-6H2,1-2H3,(H2,15,16). The van der Waals surface area contributed by atoms with Crippen molar-refractivity contribution in [3.63, 3.8) is 0 Å². The van der Waals surface area contributed by atoms with Gasteiger partial charge in [0.2, 0.25) is 0 Å². The molecule has 1 heterocycles. The van der Waals surface area contributed by atoms with E-state index < -0.39 is 0 Å². The van der Waals surface area contributed by atoms with Gasteiger partial charge in [0, 0.05) is 11.6 Å². The van der Waals surface area contributed by atoms with Crippen molar-refractivity contribution in [2.75, 3.05) is 18.0 Å². The Morgan fingerprint density at radius 2 is 2.06 bits per heavy atom. The van der Waals surface area contributed by atoms with Crippen LogP contribution in [-0.2, 0) is 0 Å². The zero-order valence-corrected chi connectivity index (χ0v) is 11.4. The highest BCUT2D eigenvalue weighted by atomic mass is 35.5. The fourth-order valence-corrected chi connectivity index (χ4v) is 2.91. The molecule has 0 unspecified atom stereocenters. The van der Waals surface area contributed by atoms with Gasteiger partial charge in [0.15, 0.2) is 5.96 Å². The molecule has 0 saturated heterocycles. The first-order valence-corrected chi connectivity index (χ1v) is 6.33. The molecule has 1 aromatic rings. The Morgan fingerprint density at radius 1 is 1.35 bits per heavy atom. The molecule has 17 heavy (non-hydrogen) atoms. The van der Waals surface area contributed by atoms with Gasteiger partial charge in [0.1, 0.15) is 0 Å². The lowest BCUT2D eigenvalue weighted by Crippen LogP contribution is -2.34. The number of aliphatic imine (C=N–C) groups is 1. The van der Waals surface area contributed by atoms with E-state index in [0.29, 0.717) is 22.5 Å². The van der Waals surface area contributed by atoms with Crippen molar-refractivity contribution in [1.29, 1.82) is 0 Å². The number of hydrogen-bond donors (Lipinski definition) is 1. The summed E-state index contributed by atoms with van der Waals surface area (Å²) in [6.07, 6.45) is 0. The van der Waals surface area contributed by atoms with E-state index in [1.54, 1.807) is 0 Å². The lowest BCUT2D eigenvalue weighted by molar-refractivity contribution is 0.866. The van der Waals surface area contributed by atoms with Crippen LogP contribution in [0.25, 0.3) is 0 Å². The summed E-state index contributed by atoms with van der Waals surface area (Å²) in [7, 11) is 0. The van der Waals surface area contributed by atoms with Crippen molar-refractivity contribution < 1.29 is 0 Å². The third-order valence-corrected chi connectivity index (χ3v) is 3.58. The average molecular weight is 272 g/mol. The fourth-order valence-electron chi connectivity index (χ4n) is 2.00. The topological polar surface area (TPSA) is 41.6 Å². The Kier molecular flexibility index (Phi) is 3.50. The molecule has 0 bridgehead atoms. The van der Waals surface area contributed by atoms with Crippen LogP contribution in [0.3, 0.4) is 0 Å². The van der Waals surface area contributed by atoms with Gasteiger partial charge in [0.25, 0.3) is 0 Å². The van der Waals surface area contributed by atoms with E-state index in [1.165, 1.54) is 0 Å². The summed E-state index contributed by atoms with van der Waals surface area (Å²) in [4.78, 5) is 6.08. The number of nitrogens with zero attached hydrogens (tertiary/aromatic N) is 2. The van der Waals surface area contributed by atoms with Crippen LogP contribution in [0.4, 0.5) is 5.69 Å². The molecule has 1 aromatic carbocycles. The highest BCUT2D eigenvalue weighted by molar-refractivity contribution is 6.38. The molecule has 0 fully saturated rings. The van der Waals surface area contributed by atoms with Gasteiger partial charge in [-0.05, 0) is 23.6 Å². The molecule has 3 nitrogen and oxygen atoms in total. The van der Waals surface area contributed by atoms with E-state index >= 15 is 0 Å². The third kappa shape index (κ3) is 2.22. The molecule has 5 heteroatoms. The normalized spacial score (nSPS) is 15.6. The van der Waals surface area contributed by atoms with Crippen LogP contribution < -0.4 is 10.6 Å². The van der Waals surface area contributed by atoms with E-state index in [2.05, 4.69) is 18.8 Å². The molecule has 92 valence electrons. The number of rotatable bonds is 2. The second kappa shape index (κ2) is 4.75. The maximum atomic E-state index is 6.42.